The second-order valence-electron chi connectivity index (χ2n) is 2.72. The first-order chi connectivity index (χ1) is 6.68. The maximum atomic E-state index is 10.7. The van der Waals surface area contributed by atoms with Crippen molar-refractivity contribution < 1.29 is 9.90 Å². The van der Waals surface area contributed by atoms with Gasteiger partial charge in [-0.05, 0) is 6.92 Å². The van der Waals surface area contributed by atoms with Crippen LogP contribution < -0.4 is 0 Å². The van der Waals surface area contributed by atoms with Crippen molar-refractivity contribution >= 4 is 17.3 Å². The van der Waals surface area contributed by atoms with Crippen LogP contribution in [0.3, 0.4) is 0 Å². The number of aryl methyl sites for hydroxylation is 1. The normalized spacial score (nSPS) is 10.4. The second kappa shape index (κ2) is 3.22. The standard InChI is InChI=1S/C8H7N3O2S/c1-5-6(8(12)13)2-11(10-5)7-3-14-4-9-7/h2-4H,1H3,(H,12,13). The summed E-state index contributed by atoms with van der Waals surface area (Å²) in [6.45, 7) is 1.66. The minimum Gasteiger partial charge on any atom is -0.478 e. The van der Waals surface area contributed by atoms with Crippen molar-refractivity contribution in [2.24, 2.45) is 0 Å². The molecule has 0 amide bonds. The third-order valence-corrected chi connectivity index (χ3v) is 2.36. The van der Waals surface area contributed by atoms with E-state index in [-0.39, 0.29) is 5.56 Å². The quantitative estimate of drug-likeness (QED) is 0.810. The molecule has 72 valence electrons. The SMILES string of the molecule is Cc1nn(-c2cscn2)cc1C(=O)O. The molecule has 0 saturated heterocycles. The Morgan fingerprint density at radius 2 is 2.43 bits per heavy atom. The number of rotatable bonds is 2. The van der Waals surface area contributed by atoms with E-state index in [2.05, 4.69) is 10.1 Å². The third-order valence-electron chi connectivity index (χ3n) is 1.78. The zero-order valence-electron chi connectivity index (χ0n) is 7.34. The topological polar surface area (TPSA) is 68.0 Å². The minimum atomic E-state index is -0.969. The lowest BCUT2D eigenvalue weighted by atomic mass is 10.3. The molecule has 2 aromatic heterocycles. The van der Waals surface area contributed by atoms with Gasteiger partial charge in [0.2, 0.25) is 0 Å². The van der Waals surface area contributed by atoms with Crippen molar-refractivity contribution in [2.75, 3.05) is 0 Å². The van der Waals surface area contributed by atoms with Gasteiger partial charge in [0.05, 0.1) is 11.2 Å². The molecule has 0 atom stereocenters. The molecule has 0 fully saturated rings. The Hall–Kier alpha value is -1.69. The lowest BCUT2D eigenvalue weighted by Crippen LogP contribution is -1.96. The van der Waals surface area contributed by atoms with Gasteiger partial charge in [0.1, 0.15) is 5.56 Å². The van der Waals surface area contributed by atoms with Crippen molar-refractivity contribution in [3.63, 3.8) is 0 Å². The molecule has 0 aliphatic rings. The highest BCUT2D eigenvalue weighted by atomic mass is 32.1. The first-order valence-electron chi connectivity index (χ1n) is 3.86. The summed E-state index contributed by atoms with van der Waals surface area (Å²) in [6.07, 6.45) is 1.46. The molecule has 5 nitrogen and oxygen atoms in total. The summed E-state index contributed by atoms with van der Waals surface area (Å²) in [5.74, 6) is -0.324. The number of aromatic nitrogens is 3. The van der Waals surface area contributed by atoms with Crippen LogP contribution in [0.4, 0.5) is 0 Å². The average Bonchev–Trinajstić information content (AvgIpc) is 2.70. The maximum Gasteiger partial charge on any atom is 0.339 e. The Kier molecular flexibility index (Phi) is 2.05. The molecule has 1 N–H and O–H groups in total. The van der Waals surface area contributed by atoms with Gasteiger partial charge in [-0.2, -0.15) is 5.10 Å². The molecule has 14 heavy (non-hydrogen) atoms. The lowest BCUT2D eigenvalue weighted by molar-refractivity contribution is 0.0696. The number of carboxylic acids is 1. The maximum absolute atomic E-state index is 10.7. The fourth-order valence-corrected chi connectivity index (χ4v) is 1.63. The Bertz CT molecular complexity index is 461. The van der Waals surface area contributed by atoms with Gasteiger partial charge < -0.3 is 5.11 Å². The van der Waals surface area contributed by atoms with Crippen LogP contribution in [-0.4, -0.2) is 25.8 Å². The van der Waals surface area contributed by atoms with E-state index >= 15 is 0 Å². The molecule has 0 saturated carbocycles. The monoisotopic (exact) mass is 209 g/mol. The molecule has 0 aliphatic carbocycles. The Labute approximate surface area is 83.6 Å². The van der Waals surface area contributed by atoms with Crippen LogP contribution in [-0.2, 0) is 0 Å². The van der Waals surface area contributed by atoms with Gasteiger partial charge in [0, 0.05) is 11.6 Å². The summed E-state index contributed by atoms with van der Waals surface area (Å²) < 4.78 is 1.47. The summed E-state index contributed by atoms with van der Waals surface area (Å²) in [7, 11) is 0. The number of aromatic carboxylic acids is 1. The van der Waals surface area contributed by atoms with Gasteiger partial charge in [-0.1, -0.05) is 0 Å². The second-order valence-corrected chi connectivity index (χ2v) is 3.44. The van der Waals surface area contributed by atoms with Crippen LogP contribution in [0.25, 0.3) is 5.82 Å². The molecule has 0 radical (unpaired) electrons. The predicted molar refractivity (Wildman–Crippen MR) is 50.9 cm³/mol. The van der Waals surface area contributed by atoms with Gasteiger partial charge in [-0.3, -0.25) is 0 Å². The molecule has 0 aliphatic heterocycles. The van der Waals surface area contributed by atoms with Crippen LogP contribution in [0, 0.1) is 6.92 Å². The molecule has 0 aromatic carbocycles. The Morgan fingerprint density at radius 3 is 2.93 bits per heavy atom. The van der Waals surface area contributed by atoms with Crippen LogP contribution in [0.5, 0.6) is 0 Å². The fourth-order valence-electron chi connectivity index (χ4n) is 1.11. The number of carbonyl (C=O) groups is 1. The number of hydrogen-bond donors (Lipinski definition) is 1. The third kappa shape index (κ3) is 1.39. The Morgan fingerprint density at radius 1 is 1.64 bits per heavy atom. The molecular weight excluding hydrogens is 202 g/mol. The summed E-state index contributed by atoms with van der Waals surface area (Å²) >= 11 is 1.44. The summed E-state index contributed by atoms with van der Waals surface area (Å²) in [6, 6.07) is 0. The van der Waals surface area contributed by atoms with Crippen molar-refractivity contribution in [2.45, 2.75) is 6.92 Å². The van der Waals surface area contributed by atoms with Gasteiger partial charge in [0.25, 0.3) is 0 Å². The summed E-state index contributed by atoms with van der Waals surface area (Å²) in [5, 5.41) is 14.7. The van der Waals surface area contributed by atoms with E-state index in [1.165, 1.54) is 22.2 Å². The zero-order valence-corrected chi connectivity index (χ0v) is 8.15. The highest BCUT2D eigenvalue weighted by molar-refractivity contribution is 7.07. The number of hydrogen-bond acceptors (Lipinski definition) is 4. The molecule has 0 unspecified atom stereocenters. The smallest absolute Gasteiger partial charge is 0.339 e. The van der Waals surface area contributed by atoms with Crippen molar-refractivity contribution in [1.29, 1.82) is 0 Å². The van der Waals surface area contributed by atoms with Crippen LogP contribution in [0.2, 0.25) is 0 Å². The van der Waals surface area contributed by atoms with E-state index in [1.807, 2.05) is 0 Å². The molecule has 2 aromatic rings. The predicted octanol–water partition coefficient (Wildman–Crippen LogP) is 1.34. The average molecular weight is 209 g/mol. The van der Waals surface area contributed by atoms with Crippen molar-refractivity contribution in [3.8, 4) is 5.82 Å². The zero-order chi connectivity index (χ0) is 10.1. The van der Waals surface area contributed by atoms with Crippen LogP contribution >= 0.6 is 11.3 Å². The molecular formula is C8H7N3O2S. The highest BCUT2D eigenvalue weighted by Gasteiger charge is 2.12. The van der Waals surface area contributed by atoms with Crippen LogP contribution in [0.1, 0.15) is 16.1 Å². The molecule has 0 spiro atoms. The largest absolute Gasteiger partial charge is 0.478 e. The van der Waals surface area contributed by atoms with Gasteiger partial charge in [-0.15, -0.1) is 11.3 Å². The molecule has 6 heteroatoms. The number of thiazole rings is 1. The molecule has 0 bridgehead atoms. The van der Waals surface area contributed by atoms with Gasteiger partial charge >= 0.3 is 5.97 Å². The summed E-state index contributed by atoms with van der Waals surface area (Å²) in [5.41, 5.74) is 2.37. The summed E-state index contributed by atoms with van der Waals surface area (Å²) in [4.78, 5) is 14.8. The highest BCUT2D eigenvalue weighted by Crippen LogP contribution is 2.11. The lowest BCUT2D eigenvalue weighted by Gasteiger charge is -1.91. The molecule has 2 heterocycles. The number of carboxylic acid groups (broad SMARTS) is 1. The van der Waals surface area contributed by atoms with E-state index in [4.69, 9.17) is 5.11 Å². The minimum absolute atomic E-state index is 0.206. The van der Waals surface area contributed by atoms with Crippen molar-refractivity contribution in [3.05, 3.63) is 28.3 Å². The van der Waals surface area contributed by atoms with E-state index in [9.17, 15) is 4.79 Å². The first kappa shape index (κ1) is 8.89. The van der Waals surface area contributed by atoms with Crippen LogP contribution in [0.15, 0.2) is 17.1 Å². The van der Waals surface area contributed by atoms with E-state index < -0.39 is 5.97 Å². The Balaban J connectivity index is 2.48. The molecule has 2 rings (SSSR count). The van der Waals surface area contributed by atoms with Gasteiger partial charge in [-0.25, -0.2) is 14.5 Å². The van der Waals surface area contributed by atoms with E-state index in [1.54, 1.807) is 17.8 Å². The van der Waals surface area contributed by atoms with Crippen molar-refractivity contribution in [1.82, 2.24) is 14.8 Å². The van der Waals surface area contributed by atoms with E-state index in [0.717, 1.165) is 0 Å². The van der Waals surface area contributed by atoms with Gasteiger partial charge in [0.15, 0.2) is 5.82 Å². The number of nitrogens with zero attached hydrogens (tertiary/aromatic N) is 3. The first-order valence-corrected chi connectivity index (χ1v) is 4.81. The fraction of sp³-hybridized carbons (Fsp3) is 0.125. The van der Waals surface area contributed by atoms with E-state index in [0.29, 0.717) is 11.5 Å².